The van der Waals surface area contributed by atoms with Crippen LogP contribution in [-0.2, 0) is 14.3 Å². The highest BCUT2D eigenvalue weighted by molar-refractivity contribution is 5.83. The molecule has 3 atom stereocenters. The number of carbonyl (C=O) groups excluding carboxylic acids is 2. The summed E-state index contributed by atoms with van der Waals surface area (Å²) in [4.78, 5) is 25.4. The Hall–Kier alpha value is -2.24. The average molecular weight is 468 g/mol. The number of methoxy groups -OCH3 is 1. The van der Waals surface area contributed by atoms with Gasteiger partial charge >= 0.3 is 5.97 Å². The minimum atomic E-state index is -0.753. The first-order chi connectivity index (χ1) is 15.9. The summed E-state index contributed by atoms with van der Waals surface area (Å²) in [6.45, 7) is 21.1. The maximum absolute atomic E-state index is 12.5. The summed E-state index contributed by atoms with van der Waals surface area (Å²) in [5.74, 6) is 1.38. The Bertz CT molecular complexity index is 662. The second kappa shape index (κ2) is 19.2. The molecule has 1 aromatic rings. The van der Waals surface area contributed by atoms with E-state index in [2.05, 4.69) is 13.8 Å². The van der Waals surface area contributed by atoms with Crippen molar-refractivity contribution in [2.45, 2.75) is 94.1 Å². The molecule has 33 heavy (non-hydrogen) atoms. The summed E-state index contributed by atoms with van der Waals surface area (Å²) in [5, 5.41) is 0. The zero-order chi connectivity index (χ0) is 26.0. The van der Waals surface area contributed by atoms with Gasteiger partial charge in [0.1, 0.15) is 0 Å². The van der Waals surface area contributed by atoms with Gasteiger partial charge in [-0.05, 0) is 37.0 Å². The highest BCUT2D eigenvalue weighted by atomic mass is 16.5. The lowest BCUT2D eigenvalue weighted by atomic mass is 9.90. The van der Waals surface area contributed by atoms with E-state index in [1.807, 2.05) is 59.7 Å². The Morgan fingerprint density at radius 3 is 2.18 bits per heavy atom. The van der Waals surface area contributed by atoms with Crippen molar-refractivity contribution in [3.63, 3.8) is 0 Å². The van der Waals surface area contributed by atoms with Crippen LogP contribution in [0.4, 0.5) is 0 Å². The largest absolute Gasteiger partial charge is 0.493 e. The van der Waals surface area contributed by atoms with E-state index < -0.39 is 12.1 Å². The minimum Gasteiger partial charge on any atom is -0.493 e. The molecule has 2 rings (SSSR count). The van der Waals surface area contributed by atoms with Crippen LogP contribution in [0.1, 0.15) is 93.6 Å². The van der Waals surface area contributed by atoms with Crippen LogP contribution in [0, 0.1) is 5.92 Å². The first kappa shape index (κ1) is 32.9. The topological polar surface area (TPSA) is 65.1 Å². The van der Waals surface area contributed by atoms with Gasteiger partial charge in [-0.2, -0.15) is 0 Å². The zero-order valence-electron chi connectivity index (χ0n) is 23.0. The van der Waals surface area contributed by atoms with Crippen LogP contribution in [0.2, 0.25) is 0 Å². The van der Waals surface area contributed by atoms with Gasteiger partial charge in [-0.25, -0.2) is 0 Å². The van der Waals surface area contributed by atoms with E-state index in [-0.39, 0.29) is 11.8 Å². The standard InChI is InChI=1S/C21H31NO5.3C2H6/c1-6-7-10-26-20-11-17(8-9-19(20)25-5)18-13-22(12-14(18)2)21(24)15(3)27-16(4)23;3*1-2/h8-9,11,14-15,18H,6-7,10,12-13H2,1-5H3;3*1-2H3. The molecule has 1 aromatic carbocycles. The number of nitrogens with zero attached hydrogens (tertiary/aromatic N) is 1. The summed E-state index contributed by atoms with van der Waals surface area (Å²) in [7, 11) is 1.64. The predicted molar refractivity (Wildman–Crippen MR) is 137 cm³/mol. The molecule has 0 spiro atoms. The van der Waals surface area contributed by atoms with Gasteiger partial charge in [0.05, 0.1) is 13.7 Å². The molecule has 0 radical (unpaired) electrons. The van der Waals surface area contributed by atoms with Crippen molar-refractivity contribution in [1.29, 1.82) is 0 Å². The van der Waals surface area contributed by atoms with Gasteiger partial charge in [0, 0.05) is 25.9 Å². The number of esters is 1. The summed E-state index contributed by atoms with van der Waals surface area (Å²) >= 11 is 0. The number of carbonyl (C=O) groups is 2. The normalized spacial score (nSPS) is 17.1. The van der Waals surface area contributed by atoms with E-state index in [1.54, 1.807) is 18.9 Å². The van der Waals surface area contributed by atoms with Crippen molar-refractivity contribution in [2.24, 2.45) is 5.92 Å². The van der Waals surface area contributed by atoms with Crippen molar-refractivity contribution in [2.75, 3.05) is 26.8 Å². The molecule has 3 unspecified atom stereocenters. The highest BCUT2D eigenvalue weighted by Gasteiger charge is 2.36. The van der Waals surface area contributed by atoms with Crippen molar-refractivity contribution in [1.82, 2.24) is 4.90 Å². The van der Waals surface area contributed by atoms with E-state index in [0.29, 0.717) is 25.6 Å². The third-order valence-electron chi connectivity index (χ3n) is 4.99. The molecule has 1 fully saturated rings. The second-order valence-electron chi connectivity index (χ2n) is 7.19. The number of hydrogen-bond acceptors (Lipinski definition) is 5. The highest BCUT2D eigenvalue weighted by Crippen LogP contribution is 2.37. The van der Waals surface area contributed by atoms with E-state index in [4.69, 9.17) is 14.2 Å². The number of unbranched alkanes of at least 4 members (excludes halogenated alkanes) is 1. The SMILES string of the molecule is CC.CC.CC.CCCCOc1cc(C2CN(C(=O)C(C)OC(C)=O)CC2C)ccc1OC. The van der Waals surface area contributed by atoms with Gasteiger partial charge < -0.3 is 19.1 Å². The fourth-order valence-electron chi connectivity index (χ4n) is 3.50. The van der Waals surface area contributed by atoms with Gasteiger partial charge in [-0.15, -0.1) is 0 Å². The van der Waals surface area contributed by atoms with Gasteiger partial charge in [0.25, 0.3) is 5.91 Å². The van der Waals surface area contributed by atoms with Crippen LogP contribution >= 0.6 is 0 Å². The first-order valence-corrected chi connectivity index (χ1v) is 12.6. The maximum Gasteiger partial charge on any atom is 0.303 e. The van der Waals surface area contributed by atoms with E-state index in [9.17, 15) is 9.59 Å². The maximum atomic E-state index is 12.5. The Morgan fingerprint density at radius 2 is 1.67 bits per heavy atom. The smallest absolute Gasteiger partial charge is 0.303 e. The van der Waals surface area contributed by atoms with Crippen LogP contribution in [0.15, 0.2) is 18.2 Å². The van der Waals surface area contributed by atoms with E-state index in [1.165, 1.54) is 6.92 Å². The molecule has 0 saturated carbocycles. The molecular weight excluding hydrogens is 418 g/mol. The molecular formula is C27H49NO5. The van der Waals surface area contributed by atoms with Crippen molar-refractivity contribution >= 4 is 11.9 Å². The summed E-state index contributed by atoms with van der Waals surface area (Å²) in [6, 6.07) is 5.99. The lowest BCUT2D eigenvalue weighted by Gasteiger charge is -2.21. The molecule has 6 nitrogen and oxygen atoms in total. The molecule has 0 N–H and O–H groups in total. The number of likely N-dealkylation sites (tertiary alicyclic amines) is 1. The monoisotopic (exact) mass is 467 g/mol. The van der Waals surface area contributed by atoms with Crippen molar-refractivity contribution in [3.8, 4) is 11.5 Å². The van der Waals surface area contributed by atoms with Crippen LogP contribution in [0.25, 0.3) is 0 Å². The summed E-state index contributed by atoms with van der Waals surface area (Å²) in [6.07, 6.45) is 1.31. The molecule has 1 saturated heterocycles. The Kier molecular flexibility index (Phi) is 19.2. The fraction of sp³-hybridized carbons (Fsp3) is 0.704. The van der Waals surface area contributed by atoms with Crippen molar-refractivity contribution < 1.29 is 23.8 Å². The third-order valence-corrected chi connectivity index (χ3v) is 4.99. The van der Waals surface area contributed by atoms with Gasteiger partial charge in [-0.1, -0.05) is 67.9 Å². The van der Waals surface area contributed by atoms with E-state index >= 15 is 0 Å². The van der Waals surface area contributed by atoms with Gasteiger partial charge in [0.15, 0.2) is 17.6 Å². The number of hydrogen-bond donors (Lipinski definition) is 0. The lowest BCUT2D eigenvalue weighted by molar-refractivity contribution is -0.156. The Balaban J connectivity index is 0. The number of ether oxygens (including phenoxy) is 3. The number of benzene rings is 1. The van der Waals surface area contributed by atoms with Gasteiger partial charge in [-0.3, -0.25) is 9.59 Å². The average Bonchev–Trinajstić information content (AvgIpc) is 3.23. The summed E-state index contributed by atoms with van der Waals surface area (Å²) in [5.41, 5.74) is 1.13. The van der Waals surface area contributed by atoms with Crippen LogP contribution in [-0.4, -0.2) is 49.7 Å². The third kappa shape index (κ3) is 11.0. The summed E-state index contributed by atoms with van der Waals surface area (Å²) < 4.78 is 16.3. The zero-order valence-corrected chi connectivity index (χ0v) is 23.0. The fourth-order valence-corrected chi connectivity index (χ4v) is 3.50. The molecule has 1 aliphatic rings. The number of amides is 1. The van der Waals surface area contributed by atoms with Crippen LogP contribution in [0.5, 0.6) is 11.5 Å². The molecule has 1 amide bonds. The quantitative estimate of drug-likeness (QED) is 0.324. The molecule has 6 heteroatoms. The first-order valence-electron chi connectivity index (χ1n) is 12.6. The second-order valence-corrected chi connectivity index (χ2v) is 7.19. The van der Waals surface area contributed by atoms with Gasteiger partial charge in [0.2, 0.25) is 0 Å². The Morgan fingerprint density at radius 1 is 1.06 bits per heavy atom. The Labute approximate surface area is 203 Å². The predicted octanol–water partition coefficient (Wildman–Crippen LogP) is 6.47. The molecule has 0 aromatic heterocycles. The van der Waals surface area contributed by atoms with Crippen molar-refractivity contribution in [3.05, 3.63) is 23.8 Å². The molecule has 0 aliphatic carbocycles. The molecule has 1 aliphatic heterocycles. The molecule has 192 valence electrons. The lowest BCUT2D eigenvalue weighted by Crippen LogP contribution is -2.38. The van der Waals surface area contributed by atoms with Crippen LogP contribution in [0.3, 0.4) is 0 Å². The molecule has 0 bridgehead atoms. The van der Waals surface area contributed by atoms with E-state index in [0.717, 1.165) is 29.9 Å². The number of rotatable bonds is 8. The minimum absolute atomic E-state index is 0.146. The molecule has 1 heterocycles. The van der Waals surface area contributed by atoms with Crippen LogP contribution < -0.4 is 9.47 Å².